The molecule has 300 valence electrons. The summed E-state index contributed by atoms with van der Waals surface area (Å²) in [5.74, 6) is 0.455. The molecule has 1 heteroatoms. The molecule has 0 amide bonds. The number of aromatic nitrogens is 1. The molecular formula is C63H43N. The van der Waals surface area contributed by atoms with Crippen molar-refractivity contribution >= 4 is 21.8 Å². The molecule has 10 aromatic carbocycles. The number of benzene rings is 10. The van der Waals surface area contributed by atoms with E-state index in [0.29, 0.717) is 5.92 Å². The van der Waals surface area contributed by atoms with Gasteiger partial charge in [-0.2, -0.15) is 0 Å². The van der Waals surface area contributed by atoms with Crippen molar-refractivity contribution in [1.82, 2.24) is 4.57 Å². The second kappa shape index (κ2) is 14.8. The number of hydrogen-bond acceptors (Lipinski definition) is 0. The molecule has 0 bridgehead atoms. The van der Waals surface area contributed by atoms with Crippen LogP contribution in [0.5, 0.6) is 0 Å². The highest BCUT2D eigenvalue weighted by Crippen LogP contribution is 2.52. The Morgan fingerprint density at radius 2 is 0.781 bits per heavy atom. The van der Waals surface area contributed by atoms with E-state index in [4.69, 9.17) is 0 Å². The van der Waals surface area contributed by atoms with E-state index in [1.165, 1.54) is 117 Å². The first kappa shape index (κ1) is 36.6. The van der Waals surface area contributed by atoms with Crippen LogP contribution in [0.25, 0.3) is 83.1 Å². The zero-order chi connectivity index (χ0) is 42.1. The first-order valence-electron chi connectivity index (χ1n) is 22.5. The highest BCUT2D eigenvalue weighted by molar-refractivity contribution is 6.10. The molecule has 2 aliphatic carbocycles. The fourth-order valence-corrected chi connectivity index (χ4v) is 11.1. The summed E-state index contributed by atoms with van der Waals surface area (Å²) in [4.78, 5) is 0. The molecule has 64 heavy (non-hydrogen) atoms. The summed E-state index contributed by atoms with van der Waals surface area (Å²) >= 11 is 0. The Morgan fingerprint density at radius 1 is 0.297 bits per heavy atom. The van der Waals surface area contributed by atoms with E-state index in [1.807, 2.05) is 0 Å². The second-order valence-electron chi connectivity index (χ2n) is 17.5. The van der Waals surface area contributed by atoms with Crippen molar-refractivity contribution in [2.24, 2.45) is 0 Å². The fraction of sp³-hybridized carbons (Fsp3) is 0.0476. The van der Waals surface area contributed by atoms with Crippen LogP contribution in [0, 0.1) is 0 Å². The molecule has 0 saturated carbocycles. The van der Waals surface area contributed by atoms with Crippen LogP contribution >= 0.6 is 0 Å². The highest BCUT2D eigenvalue weighted by Gasteiger charge is 2.32. The molecule has 0 fully saturated rings. The summed E-state index contributed by atoms with van der Waals surface area (Å²) in [5.41, 5.74) is 24.8. The first-order chi connectivity index (χ1) is 31.7. The quantitative estimate of drug-likeness (QED) is 0.151. The Bertz CT molecular complexity index is 3570. The molecule has 1 unspecified atom stereocenters. The van der Waals surface area contributed by atoms with Crippen LogP contribution in [-0.2, 0) is 6.42 Å². The van der Waals surface area contributed by atoms with Gasteiger partial charge in [-0.15, -0.1) is 0 Å². The number of rotatable bonds is 7. The molecular weight excluding hydrogens is 771 g/mol. The van der Waals surface area contributed by atoms with E-state index >= 15 is 0 Å². The van der Waals surface area contributed by atoms with Gasteiger partial charge in [-0.1, -0.05) is 194 Å². The van der Waals surface area contributed by atoms with Gasteiger partial charge in [-0.25, -0.2) is 0 Å². The summed E-state index contributed by atoms with van der Waals surface area (Å²) in [6, 6.07) is 88.0. The predicted molar refractivity (Wildman–Crippen MR) is 267 cm³/mol. The van der Waals surface area contributed by atoms with Gasteiger partial charge in [0.15, 0.2) is 0 Å². The van der Waals surface area contributed by atoms with Crippen LogP contribution in [-0.4, -0.2) is 4.57 Å². The smallest absolute Gasteiger partial charge is 0.0541 e. The Morgan fingerprint density at radius 3 is 1.55 bits per heavy atom. The summed E-state index contributed by atoms with van der Waals surface area (Å²) in [6.07, 6.45) is 0.963. The van der Waals surface area contributed by atoms with Gasteiger partial charge in [0.05, 0.1) is 11.0 Å². The van der Waals surface area contributed by atoms with Crippen molar-refractivity contribution in [2.75, 3.05) is 0 Å². The van der Waals surface area contributed by atoms with Gasteiger partial charge in [-0.3, -0.25) is 0 Å². The summed E-state index contributed by atoms with van der Waals surface area (Å²) in [5, 5.41) is 2.54. The molecule has 0 N–H and O–H groups in total. The molecule has 0 aliphatic heterocycles. The number of para-hydroxylation sites is 2. The van der Waals surface area contributed by atoms with Crippen molar-refractivity contribution in [3.63, 3.8) is 0 Å². The lowest BCUT2D eigenvalue weighted by Crippen LogP contribution is -2.03. The summed E-state index contributed by atoms with van der Waals surface area (Å²) in [7, 11) is 0. The monoisotopic (exact) mass is 813 g/mol. The van der Waals surface area contributed by atoms with Gasteiger partial charge < -0.3 is 4.57 Å². The lowest BCUT2D eigenvalue weighted by atomic mass is 9.83. The minimum absolute atomic E-state index is 0.134. The Labute approximate surface area is 374 Å². The molecule has 2 aliphatic rings. The van der Waals surface area contributed by atoms with E-state index in [1.54, 1.807) is 0 Å². The van der Waals surface area contributed by atoms with Crippen molar-refractivity contribution in [3.05, 3.63) is 270 Å². The standard InChI is InChI=1S/C63H43N/c1-3-15-42(16-4-1)44-31-34-52-57(49-20-8-9-21-50(49)58(52)38-44)37-41-27-29-43(30-28-41)48-19-7-11-24-54(48)63-55-25-12-10-22-51(55)59-39-45(32-35-56(59)63)46-33-36-62-60(40-46)53-23-13-14-26-61(53)64(62)47-17-5-2-6-18-47/h1-36,38-40,57,63H,37H2/t57?,63-/m0/s1. The van der Waals surface area contributed by atoms with Gasteiger partial charge in [0.25, 0.3) is 0 Å². The summed E-state index contributed by atoms with van der Waals surface area (Å²) in [6.45, 7) is 0. The van der Waals surface area contributed by atoms with E-state index in [0.717, 1.165) is 6.42 Å². The highest BCUT2D eigenvalue weighted by atomic mass is 15.0. The Kier molecular flexibility index (Phi) is 8.49. The number of hydrogen-bond donors (Lipinski definition) is 0. The maximum absolute atomic E-state index is 2.44. The topological polar surface area (TPSA) is 4.93 Å². The molecule has 1 aromatic heterocycles. The normalized spacial score (nSPS) is 14.6. The first-order valence-corrected chi connectivity index (χ1v) is 22.5. The van der Waals surface area contributed by atoms with Gasteiger partial charge >= 0.3 is 0 Å². The third kappa shape index (κ3) is 5.85. The SMILES string of the molecule is c1ccc(-c2ccc3c(c2)-c2ccccc2C3Cc2ccc(-c3ccccc3[C@H]3c4ccccc4-c4cc(-c5ccc6c(c5)c5ccccc5n6-c5ccccc5)ccc43)cc2)cc1. The summed E-state index contributed by atoms with van der Waals surface area (Å²) < 4.78 is 2.39. The zero-order valence-electron chi connectivity index (χ0n) is 35.3. The molecule has 11 aromatic rings. The largest absolute Gasteiger partial charge is 0.309 e. The van der Waals surface area contributed by atoms with Crippen LogP contribution < -0.4 is 0 Å². The Balaban J connectivity index is 0.838. The third-order valence-corrected chi connectivity index (χ3v) is 14.1. The van der Waals surface area contributed by atoms with Crippen molar-refractivity contribution in [1.29, 1.82) is 0 Å². The number of nitrogens with zero attached hydrogens (tertiary/aromatic N) is 1. The van der Waals surface area contributed by atoms with E-state index in [9.17, 15) is 0 Å². The van der Waals surface area contributed by atoms with Crippen LogP contribution in [0.1, 0.15) is 45.2 Å². The molecule has 1 nitrogen and oxygen atoms in total. The molecule has 0 saturated heterocycles. The maximum atomic E-state index is 2.44. The minimum atomic E-state index is 0.134. The van der Waals surface area contributed by atoms with E-state index in [-0.39, 0.29) is 5.92 Å². The molecule has 1 heterocycles. The lowest BCUT2D eigenvalue weighted by molar-refractivity contribution is 0.827. The number of fused-ring (bicyclic) bond motifs is 9. The van der Waals surface area contributed by atoms with Crippen LogP contribution in [0.4, 0.5) is 0 Å². The fourth-order valence-electron chi connectivity index (χ4n) is 11.1. The molecule has 0 radical (unpaired) electrons. The van der Waals surface area contributed by atoms with Gasteiger partial charge in [0.2, 0.25) is 0 Å². The van der Waals surface area contributed by atoms with Gasteiger partial charge in [0.1, 0.15) is 0 Å². The third-order valence-electron chi connectivity index (χ3n) is 14.1. The van der Waals surface area contributed by atoms with E-state index < -0.39 is 0 Å². The van der Waals surface area contributed by atoms with Crippen molar-refractivity contribution in [3.8, 4) is 61.3 Å². The van der Waals surface area contributed by atoms with Crippen molar-refractivity contribution < 1.29 is 0 Å². The molecule has 2 atom stereocenters. The maximum Gasteiger partial charge on any atom is 0.0541 e. The predicted octanol–water partition coefficient (Wildman–Crippen LogP) is 16.3. The average molecular weight is 814 g/mol. The average Bonchev–Trinajstić information content (AvgIpc) is 3.99. The lowest BCUT2D eigenvalue weighted by Gasteiger charge is -2.20. The van der Waals surface area contributed by atoms with Crippen LogP contribution in [0.15, 0.2) is 237 Å². The Hall–Kier alpha value is -8.00. The second-order valence-corrected chi connectivity index (χ2v) is 17.5. The van der Waals surface area contributed by atoms with Gasteiger partial charge in [0, 0.05) is 28.3 Å². The molecule has 0 spiro atoms. The van der Waals surface area contributed by atoms with Gasteiger partial charge in [-0.05, 0) is 138 Å². The van der Waals surface area contributed by atoms with Crippen LogP contribution in [0.3, 0.4) is 0 Å². The van der Waals surface area contributed by atoms with Crippen molar-refractivity contribution in [2.45, 2.75) is 18.3 Å². The van der Waals surface area contributed by atoms with Crippen LogP contribution in [0.2, 0.25) is 0 Å². The minimum Gasteiger partial charge on any atom is -0.309 e. The van der Waals surface area contributed by atoms with E-state index in [2.05, 4.69) is 241 Å². The zero-order valence-corrected chi connectivity index (χ0v) is 35.3. The molecule has 13 rings (SSSR count).